The van der Waals surface area contributed by atoms with Gasteiger partial charge < -0.3 is 10.3 Å². The predicted octanol–water partition coefficient (Wildman–Crippen LogP) is 6.67. The summed E-state index contributed by atoms with van der Waals surface area (Å²) in [6.45, 7) is 0. The normalized spacial score (nSPS) is 14.1. The Balaban J connectivity index is 1.19. The Hall–Kier alpha value is -4.99. The summed E-state index contributed by atoms with van der Waals surface area (Å²) in [6.07, 6.45) is 13.2. The van der Waals surface area contributed by atoms with Crippen LogP contribution in [-0.2, 0) is 4.79 Å². The molecule has 1 fully saturated rings. The second-order valence-corrected chi connectivity index (χ2v) is 10.6. The number of carbonyl (C=O) groups excluding carboxylic acids is 1. The van der Waals surface area contributed by atoms with Crippen molar-refractivity contribution in [3.63, 3.8) is 0 Å². The van der Waals surface area contributed by atoms with Crippen molar-refractivity contribution in [1.29, 1.82) is 0 Å². The summed E-state index contributed by atoms with van der Waals surface area (Å²) in [5.74, 6) is 0.673. The number of pyridine rings is 3. The first kappa shape index (κ1) is 25.0. The second-order valence-electron chi connectivity index (χ2n) is 10.6. The maximum absolute atomic E-state index is 13.9. The minimum Gasteiger partial charge on any atom is -0.335 e. The number of aromatic amines is 2. The first-order valence-electron chi connectivity index (χ1n) is 13.8. The number of amides is 1. The van der Waals surface area contributed by atoms with E-state index < -0.39 is 0 Å². The number of nitrogens with one attached hydrogen (secondary N) is 3. The van der Waals surface area contributed by atoms with Gasteiger partial charge in [-0.15, -0.1) is 0 Å². The lowest BCUT2D eigenvalue weighted by Gasteiger charge is -2.20. The lowest BCUT2D eigenvalue weighted by atomic mass is 9.87. The highest BCUT2D eigenvalue weighted by molar-refractivity contribution is 5.96. The fourth-order valence-electron chi connectivity index (χ4n) is 5.65. The fraction of sp³-hybridized carbons (Fsp3) is 0.226. The molecule has 1 aliphatic rings. The Morgan fingerprint density at radius 1 is 0.902 bits per heavy atom. The number of hydrogen-bond acceptors (Lipinski definition) is 6. The molecule has 7 rings (SSSR count). The topological polar surface area (TPSA) is 125 Å². The Morgan fingerprint density at radius 2 is 1.78 bits per heavy atom. The van der Waals surface area contributed by atoms with Crippen LogP contribution >= 0.6 is 0 Å². The molecule has 1 aromatic carbocycles. The fourth-order valence-corrected chi connectivity index (χ4v) is 5.65. The summed E-state index contributed by atoms with van der Waals surface area (Å²) in [7, 11) is 0. The molecule has 10 heteroatoms. The van der Waals surface area contributed by atoms with Crippen LogP contribution in [0.2, 0.25) is 0 Å². The van der Waals surface area contributed by atoms with E-state index in [-0.39, 0.29) is 11.7 Å². The zero-order valence-electron chi connectivity index (χ0n) is 22.2. The molecule has 0 bridgehead atoms. The molecule has 0 atom stereocenters. The second kappa shape index (κ2) is 10.5. The van der Waals surface area contributed by atoms with Crippen molar-refractivity contribution in [2.45, 2.75) is 38.5 Å². The highest BCUT2D eigenvalue weighted by Crippen LogP contribution is 2.32. The van der Waals surface area contributed by atoms with E-state index in [1.54, 1.807) is 30.9 Å². The van der Waals surface area contributed by atoms with Gasteiger partial charge in [-0.25, -0.2) is 14.4 Å². The molecule has 0 unspecified atom stereocenters. The Bertz CT molecular complexity index is 1890. The standard InChI is InChI=1S/C31H27FN8O/c32-21-8-4-7-19(12-21)23-16-34-17-26-28(23)38-31(37-26)30-29-25(39-40-30)10-9-24(36-29)20-13-22(15-33-14-20)35-27(41)11-18-5-2-1-3-6-18/h4,7-10,12-18H,1-3,5-6,11H2,(H,35,41)(H,37,38)(H,39,40). The summed E-state index contributed by atoms with van der Waals surface area (Å²) < 4.78 is 13.9. The minimum atomic E-state index is -0.326. The SMILES string of the molecule is O=C(CC1CCCCC1)Nc1cncc(-c2ccc3[nH]nc(-c4nc5c(-c6cccc(F)c6)cncc5[nH]4)c3n2)c1. The molecule has 1 amide bonds. The largest absolute Gasteiger partial charge is 0.335 e. The van der Waals surface area contributed by atoms with E-state index in [0.29, 0.717) is 62.9 Å². The Kier molecular flexibility index (Phi) is 6.42. The van der Waals surface area contributed by atoms with E-state index >= 15 is 0 Å². The Labute approximate surface area is 234 Å². The maximum Gasteiger partial charge on any atom is 0.224 e. The number of carbonyl (C=O) groups is 1. The minimum absolute atomic E-state index is 0.0216. The van der Waals surface area contributed by atoms with Crippen molar-refractivity contribution in [2.24, 2.45) is 5.92 Å². The van der Waals surface area contributed by atoms with E-state index in [9.17, 15) is 9.18 Å². The molecule has 41 heavy (non-hydrogen) atoms. The summed E-state index contributed by atoms with van der Waals surface area (Å²) in [5, 5.41) is 10.5. The Morgan fingerprint density at radius 3 is 2.66 bits per heavy atom. The van der Waals surface area contributed by atoms with Crippen molar-refractivity contribution in [1.82, 2.24) is 35.1 Å². The van der Waals surface area contributed by atoms with Crippen molar-refractivity contribution in [3.05, 3.63) is 73.1 Å². The van der Waals surface area contributed by atoms with Gasteiger partial charge >= 0.3 is 0 Å². The summed E-state index contributed by atoms with van der Waals surface area (Å²) in [5.41, 5.74) is 6.80. The van der Waals surface area contributed by atoms with Gasteiger partial charge in [-0.2, -0.15) is 5.10 Å². The molecule has 204 valence electrons. The number of hydrogen-bond donors (Lipinski definition) is 3. The van der Waals surface area contributed by atoms with E-state index in [0.717, 1.165) is 23.9 Å². The van der Waals surface area contributed by atoms with Gasteiger partial charge in [0.15, 0.2) is 11.5 Å². The zero-order chi connectivity index (χ0) is 27.8. The van der Waals surface area contributed by atoms with Crippen molar-refractivity contribution < 1.29 is 9.18 Å². The number of H-pyrrole nitrogens is 2. The molecule has 0 aliphatic heterocycles. The predicted molar refractivity (Wildman–Crippen MR) is 155 cm³/mol. The van der Waals surface area contributed by atoms with Crippen molar-refractivity contribution >= 4 is 33.7 Å². The van der Waals surface area contributed by atoms with E-state index in [4.69, 9.17) is 9.97 Å². The lowest BCUT2D eigenvalue weighted by molar-refractivity contribution is -0.117. The number of nitrogens with zero attached hydrogens (tertiary/aromatic N) is 5. The van der Waals surface area contributed by atoms with Crippen LogP contribution in [0.15, 0.2) is 67.3 Å². The van der Waals surface area contributed by atoms with Crippen molar-refractivity contribution in [3.8, 4) is 33.9 Å². The first-order chi connectivity index (χ1) is 20.1. The average Bonchev–Trinajstić information content (AvgIpc) is 3.61. The number of aromatic nitrogens is 7. The summed E-state index contributed by atoms with van der Waals surface area (Å²) in [6, 6.07) is 12.0. The highest BCUT2D eigenvalue weighted by Gasteiger charge is 2.19. The van der Waals surface area contributed by atoms with Crippen LogP contribution in [0.1, 0.15) is 38.5 Å². The third-order valence-electron chi connectivity index (χ3n) is 7.68. The van der Waals surface area contributed by atoms with Crippen LogP contribution in [0.4, 0.5) is 10.1 Å². The van der Waals surface area contributed by atoms with Gasteiger partial charge in [-0.05, 0) is 54.7 Å². The van der Waals surface area contributed by atoms with Gasteiger partial charge in [0.25, 0.3) is 0 Å². The molecule has 0 spiro atoms. The number of halogens is 1. The van der Waals surface area contributed by atoms with Gasteiger partial charge in [0.1, 0.15) is 11.3 Å². The average molecular weight is 547 g/mol. The maximum atomic E-state index is 13.9. The number of imidazole rings is 1. The smallest absolute Gasteiger partial charge is 0.224 e. The quantitative estimate of drug-likeness (QED) is 0.214. The summed E-state index contributed by atoms with van der Waals surface area (Å²) >= 11 is 0. The number of anilines is 1. The molecule has 1 saturated carbocycles. The first-order valence-corrected chi connectivity index (χ1v) is 13.8. The molecule has 5 heterocycles. The number of rotatable bonds is 6. The van der Waals surface area contributed by atoms with Crippen LogP contribution in [-0.4, -0.2) is 41.0 Å². The molecular formula is C31H27FN8O. The van der Waals surface area contributed by atoms with Crippen LogP contribution in [0.25, 0.3) is 56.0 Å². The zero-order valence-corrected chi connectivity index (χ0v) is 22.2. The molecule has 9 nitrogen and oxygen atoms in total. The van der Waals surface area contributed by atoms with Crippen LogP contribution in [0.3, 0.4) is 0 Å². The van der Waals surface area contributed by atoms with Crippen LogP contribution in [0, 0.1) is 11.7 Å². The molecular weight excluding hydrogens is 519 g/mol. The van der Waals surface area contributed by atoms with Gasteiger partial charge in [0.2, 0.25) is 5.91 Å². The summed E-state index contributed by atoms with van der Waals surface area (Å²) in [4.78, 5) is 34.3. The third-order valence-corrected chi connectivity index (χ3v) is 7.68. The van der Waals surface area contributed by atoms with Gasteiger partial charge in [-0.1, -0.05) is 31.4 Å². The number of fused-ring (bicyclic) bond motifs is 2. The highest BCUT2D eigenvalue weighted by atomic mass is 19.1. The monoisotopic (exact) mass is 546 g/mol. The van der Waals surface area contributed by atoms with E-state index in [2.05, 4.69) is 30.5 Å². The molecule has 0 radical (unpaired) electrons. The van der Waals surface area contributed by atoms with Gasteiger partial charge in [0.05, 0.1) is 40.3 Å². The molecule has 1 aliphatic carbocycles. The molecule has 5 aromatic heterocycles. The third kappa shape index (κ3) is 5.04. The molecule has 0 saturated heterocycles. The van der Waals surface area contributed by atoms with Gasteiger partial charge in [0, 0.05) is 29.9 Å². The van der Waals surface area contributed by atoms with Crippen LogP contribution in [0.5, 0.6) is 0 Å². The lowest BCUT2D eigenvalue weighted by Crippen LogP contribution is -2.18. The number of benzene rings is 1. The van der Waals surface area contributed by atoms with Crippen LogP contribution < -0.4 is 5.32 Å². The molecule has 6 aromatic rings. The molecule has 3 N–H and O–H groups in total. The van der Waals surface area contributed by atoms with Gasteiger partial charge in [-0.3, -0.25) is 19.9 Å². The van der Waals surface area contributed by atoms with E-state index in [1.165, 1.54) is 31.4 Å². The van der Waals surface area contributed by atoms with Crippen molar-refractivity contribution in [2.75, 3.05) is 5.32 Å². The van der Waals surface area contributed by atoms with E-state index in [1.807, 2.05) is 24.3 Å².